The number of esters is 2. The maximum Gasteiger partial charge on any atom is 0.361 e. The topological polar surface area (TPSA) is 108 Å². The number of likely N-dealkylation sites (N-methyl/N-ethyl adjacent to an activating group) is 1. The Hall–Kier alpha value is -2.75. The Bertz CT molecular complexity index is 1870. The lowest BCUT2D eigenvalue weighted by Crippen LogP contribution is -2.40. The highest BCUT2D eigenvalue weighted by molar-refractivity contribution is 5.71. The highest BCUT2D eigenvalue weighted by Gasteiger charge is 2.25. The van der Waals surface area contributed by atoms with E-state index in [1.165, 1.54) is 398 Å². The first-order valence-corrected chi connectivity index (χ1v) is 46.8. The second kappa shape index (κ2) is 86.8. The largest absolute Gasteiger partial charge is 0.477 e. The Kier molecular flexibility index (Phi) is 84.6. The molecule has 9 nitrogen and oxygen atoms in total. The van der Waals surface area contributed by atoms with Crippen molar-refractivity contribution in [3.05, 3.63) is 48.6 Å². The minimum absolute atomic E-state index is 0.174. The Labute approximate surface area is 654 Å². The predicted molar refractivity (Wildman–Crippen MR) is 457 cm³/mol. The molecule has 1 N–H and O–H groups in total. The van der Waals surface area contributed by atoms with Crippen LogP contribution in [0.4, 0.5) is 0 Å². The van der Waals surface area contributed by atoms with Gasteiger partial charge < -0.3 is 28.5 Å². The van der Waals surface area contributed by atoms with E-state index in [0.717, 1.165) is 64.2 Å². The number of carbonyl (C=O) groups excluding carboxylic acids is 2. The molecule has 0 saturated carbocycles. The van der Waals surface area contributed by atoms with Crippen molar-refractivity contribution in [2.75, 3.05) is 47.5 Å². The average Bonchev–Trinajstić information content (AvgIpc) is 1.18. The summed E-state index contributed by atoms with van der Waals surface area (Å²) in [4.78, 5) is 37.9. The van der Waals surface area contributed by atoms with Crippen LogP contribution in [0.25, 0.3) is 0 Å². The van der Waals surface area contributed by atoms with Crippen molar-refractivity contribution in [1.29, 1.82) is 0 Å². The van der Waals surface area contributed by atoms with E-state index >= 15 is 0 Å². The normalized spacial score (nSPS) is 12.7. The molecule has 9 heteroatoms. The number of rotatable bonds is 89. The second-order valence-corrected chi connectivity index (χ2v) is 33.3. The number of hydrogen-bond donors (Lipinski definition) is 1. The van der Waals surface area contributed by atoms with Gasteiger partial charge in [0, 0.05) is 12.8 Å². The summed E-state index contributed by atoms with van der Waals surface area (Å²) < 4.78 is 23.1. The molecule has 0 heterocycles. The zero-order chi connectivity index (χ0) is 76.0. The number of quaternary nitrogens is 1. The molecule has 0 aromatic rings. The Balaban J connectivity index is 3.86. The monoisotopic (exact) mass is 1480 g/mol. The lowest BCUT2D eigenvalue weighted by atomic mass is 10.0. The summed E-state index contributed by atoms with van der Waals surface area (Å²) in [6.07, 6.45) is 113. The number of carboxylic acid groups (broad SMARTS) is 1. The minimum atomic E-state index is -1.51. The molecule has 0 aromatic carbocycles. The van der Waals surface area contributed by atoms with Gasteiger partial charge in [-0.1, -0.05) is 473 Å². The van der Waals surface area contributed by atoms with E-state index in [2.05, 4.69) is 62.5 Å². The summed E-state index contributed by atoms with van der Waals surface area (Å²) in [6, 6.07) is 0. The summed E-state index contributed by atoms with van der Waals surface area (Å²) in [5.74, 6) is -1.96. The molecule has 0 aliphatic rings. The SMILES string of the molecule is CC/C=C\C/C=C\C/C=C\C/C=C\CCCCCCCCCCCCCCCCCCCCCCCCCCCCCCC(=O)OC(COC(=O)CCCCCCCCCCCCCCCCCCCCCCCCCCCCCCCCCCCCCCCCC)COC(OCC[N+](C)(C)C)C(=O)O. The summed E-state index contributed by atoms with van der Waals surface area (Å²) in [6.45, 7) is 4.86. The molecule has 0 radical (unpaired) electrons. The fourth-order valence-corrected chi connectivity index (χ4v) is 14.5. The smallest absolute Gasteiger partial charge is 0.361 e. The van der Waals surface area contributed by atoms with Crippen LogP contribution in [0.5, 0.6) is 0 Å². The first kappa shape index (κ1) is 102. The zero-order valence-corrected chi connectivity index (χ0v) is 71.2. The fourth-order valence-electron chi connectivity index (χ4n) is 14.5. The van der Waals surface area contributed by atoms with Gasteiger partial charge in [0.15, 0.2) is 6.10 Å². The van der Waals surface area contributed by atoms with Gasteiger partial charge in [0.25, 0.3) is 6.29 Å². The third-order valence-corrected chi connectivity index (χ3v) is 21.6. The van der Waals surface area contributed by atoms with Crippen LogP contribution in [0.15, 0.2) is 48.6 Å². The zero-order valence-electron chi connectivity index (χ0n) is 71.2. The van der Waals surface area contributed by atoms with Gasteiger partial charge in [-0.05, 0) is 51.4 Å². The first-order valence-electron chi connectivity index (χ1n) is 46.8. The van der Waals surface area contributed by atoms with Crippen LogP contribution in [-0.4, -0.2) is 87.4 Å². The molecular formula is C96H182NO8+. The Morgan fingerprint density at radius 2 is 0.543 bits per heavy atom. The summed E-state index contributed by atoms with van der Waals surface area (Å²) in [7, 11) is 6.01. The summed E-state index contributed by atoms with van der Waals surface area (Å²) in [5.41, 5.74) is 0. The van der Waals surface area contributed by atoms with E-state index in [-0.39, 0.29) is 38.2 Å². The van der Waals surface area contributed by atoms with Gasteiger partial charge in [0.05, 0.1) is 34.4 Å². The van der Waals surface area contributed by atoms with E-state index in [1.54, 1.807) is 0 Å². The van der Waals surface area contributed by atoms with Crippen LogP contribution >= 0.6 is 0 Å². The van der Waals surface area contributed by atoms with Crippen LogP contribution in [0.2, 0.25) is 0 Å². The van der Waals surface area contributed by atoms with Gasteiger partial charge in [-0.3, -0.25) is 9.59 Å². The summed E-state index contributed by atoms with van der Waals surface area (Å²) >= 11 is 0. The molecule has 0 aliphatic carbocycles. The number of nitrogens with zero attached hydrogens (tertiary/aromatic N) is 1. The molecule has 0 aromatic heterocycles. The molecule has 2 unspecified atom stereocenters. The van der Waals surface area contributed by atoms with Gasteiger partial charge in [-0.15, -0.1) is 0 Å². The number of hydrogen-bond acceptors (Lipinski definition) is 7. The standard InChI is InChI=1S/C96H181NO8/c1-6-8-10-12-14-16-18-20-22-24-26-28-30-32-34-36-38-40-42-44-46-47-49-51-53-55-57-59-61-63-65-67-69-71-73-75-77-79-81-83-85-87-94(99)105-92(91-104-96(95(100)101)102-89-88-97(3,4)5)90-103-93(98)86-84-82-80-78-76-74-72-70-68-66-64-62-60-58-56-54-52-50-48-45-43-41-39-37-35-33-31-29-27-25-23-21-19-17-15-13-11-9-7-2/h8,10,14,16,20,22,26,28,92,96H,6-7,9,11-13,15,17-19,21,23-25,27,29-91H2,1-5H3/p+1/b10-8-,16-14-,22-20-,28-26-. The van der Waals surface area contributed by atoms with Gasteiger partial charge in [0.1, 0.15) is 13.2 Å². The number of carboxylic acids is 1. The van der Waals surface area contributed by atoms with Crippen molar-refractivity contribution in [2.45, 2.75) is 501 Å². The maximum absolute atomic E-state index is 13.0. The molecule has 105 heavy (non-hydrogen) atoms. The molecule has 2 atom stereocenters. The van der Waals surface area contributed by atoms with E-state index < -0.39 is 18.4 Å². The first-order chi connectivity index (χ1) is 51.6. The maximum atomic E-state index is 13.0. The molecule has 0 aliphatic heterocycles. The van der Waals surface area contributed by atoms with Crippen molar-refractivity contribution in [2.24, 2.45) is 0 Å². The average molecular weight is 1480 g/mol. The van der Waals surface area contributed by atoms with Crippen LogP contribution in [0, 0.1) is 0 Å². The number of allylic oxidation sites excluding steroid dienone is 8. The predicted octanol–water partition coefficient (Wildman–Crippen LogP) is 30.7. The van der Waals surface area contributed by atoms with Crippen LogP contribution in [0.3, 0.4) is 0 Å². The number of carbonyl (C=O) groups is 3. The van der Waals surface area contributed by atoms with Gasteiger partial charge in [0.2, 0.25) is 0 Å². The molecule has 0 spiro atoms. The van der Waals surface area contributed by atoms with Crippen molar-refractivity contribution >= 4 is 17.9 Å². The van der Waals surface area contributed by atoms with Gasteiger partial charge in [-0.2, -0.15) is 0 Å². The molecule has 0 fully saturated rings. The molecular weight excluding hydrogens is 1300 g/mol. The van der Waals surface area contributed by atoms with E-state index in [0.29, 0.717) is 17.4 Å². The van der Waals surface area contributed by atoms with Crippen molar-refractivity contribution in [3.8, 4) is 0 Å². The Morgan fingerprint density at radius 1 is 0.295 bits per heavy atom. The second-order valence-electron chi connectivity index (χ2n) is 33.3. The van der Waals surface area contributed by atoms with E-state index in [4.69, 9.17) is 18.9 Å². The van der Waals surface area contributed by atoms with Crippen molar-refractivity contribution < 1.29 is 42.9 Å². The number of aliphatic carboxylic acids is 1. The number of ether oxygens (including phenoxy) is 4. The van der Waals surface area contributed by atoms with E-state index in [1.807, 2.05) is 21.1 Å². The quantitative estimate of drug-likeness (QED) is 0.0211. The van der Waals surface area contributed by atoms with Crippen molar-refractivity contribution in [3.63, 3.8) is 0 Å². The lowest BCUT2D eigenvalue weighted by Gasteiger charge is -2.25. The highest BCUT2D eigenvalue weighted by Crippen LogP contribution is 2.22. The van der Waals surface area contributed by atoms with Gasteiger partial charge in [-0.25, -0.2) is 4.79 Å². The molecule has 0 amide bonds. The third-order valence-electron chi connectivity index (χ3n) is 21.6. The summed E-state index contributed by atoms with van der Waals surface area (Å²) in [5, 5.41) is 9.80. The molecule has 0 bridgehead atoms. The highest BCUT2D eigenvalue weighted by atomic mass is 16.7. The molecule has 0 saturated heterocycles. The lowest BCUT2D eigenvalue weighted by molar-refractivity contribution is -0.870. The van der Waals surface area contributed by atoms with Crippen LogP contribution in [-0.2, 0) is 33.3 Å². The van der Waals surface area contributed by atoms with E-state index in [9.17, 15) is 19.5 Å². The molecule has 618 valence electrons. The van der Waals surface area contributed by atoms with Gasteiger partial charge >= 0.3 is 17.9 Å². The minimum Gasteiger partial charge on any atom is -0.477 e. The van der Waals surface area contributed by atoms with Crippen LogP contribution < -0.4 is 0 Å². The Morgan fingerprint density at radius 3 is 0.810 bits per heavy atom. The number of unbranched alkanes of at least 4 members (excludes halogenated alkanes) is 66. The van der Waals surface area contributed by atoms with Crippen molar-refractivity contribution in [1.82, 2.24) is 0 Å². The third kappa shape index (κ3) is 88.3. The van der Waals surface area contributed by atoms with Crippen LogP contribution in [0.1, 0.15) is 489 Å². The fraction of sp³-hybridized carbons (Fsp3) is 0.885. The molecule has 0 rings (SSSR count).